The molecule has 7 heteroatoms. The van der Waals surface area contributed by atoms with Crippen molar-refractivity contribution in [3.8, 4) is 0 Å². The van der Waals surface area contributed by atoms with Gasteiger partial charge in [0.05, 0.1) is 23.9 Å². The van der Waals surface area contributed by atoms with Crippen LogP contribution in [0, 0.1) is 6.92 Å². The first-order chi connectivity index (χ1) is 9.15. The highest BCUT2D eigenvalue weighted by atomic mass is 35.5. The van der Waals surface area contributed by atoms with Gasteiger partial charge in [-0.15, -0.1) is 0 Å². The molecule has 0 atom stereocenters. The largest absolute Gasteiger partial charge is 0.379 e. The summed E-state index contributed by atoms with van der Waals surface area (Å²) in [6.45, 7) is 6.94. The molecule has 1 aromatic heterocycles. The summed E-state index contributed by atoms with van der Waals surface area (Å²) in [4.78, 5) is 14.0. The van der Waals surface area contributed by atoms with Gasteiger partial charge in [-0.05, 0) is 6.92 Å². The second kappa shape index (κ2) is 6.88. The molecule has 1 saturated heterocycles. The number of halogens is 1. The number of hydrogen-bond acceptors (Lipinski definition) is 4. The average molecular weight is 287 g/mol. The van der Waals surface area contributed by atoms with Crippen molar-refractivity contribution >= 4 is 17.5 Å². The van der Waals surface area contributed by atoms with Crippen LogP contribution in [0.5, 0.6) is 0 Å². The standard InChI is InChI=1S/C12H19ClN4O2/c1-10-11(13)8-17(15-10)9-12(18)14-2-3-16-4-6-19-7-5-16/h8H,2-7,9H2,1H3,(H,14,18). The summed E-state index contributed by atoms with van der Waals surface area (Å²) in [7, 11) is 0. The quantitative estimate of drug-likeness (QED) is 0.845. The number of aryl methyl sites for hydroxylation is 1. The van der Waals surface area contributed by atoms with Crippen LogP contribution in [-0.4, -0.2) is 60.0 Å². The normalized spacial score (nSPS) is 16.5. The number of carbonyl (C=O) groups is 1. The zero-order chi connectivity index (χ0) is 13.7. The molecule has 0 radical (unpaired) electrons. The third-order valence-corrected chi connectivity index (χ3v) is 3.42. The van der Waals surface area contributed by atoms with Crippen molar-refractivity contribution in [1.82, 2.24) is 20.0 Å². The third kappa shape index (κ3) is 4.49. The summed E-state index contributed by atoms with van der Waals surface area (Å²) >= 11 is 5.89. The van der Waals surface area contributed by atoms with E-state index >= 15 is 0 Å². The van der Waals surface area contributed by atoms with Crippen LogP contribution < -0.4 is 5.32 Å². The maximum Gasteiger partial charge on any atom is 0.241 e. The number of ether oxygens (including phenoxy) is 1. The summed E-state index contributed by atoms with van der Waals surface area (Å²) in [6.07, 6.45) is 1.67. The van der Waals surface area contributed by atoms with Gasteiger partial charge in [-0.25, -0.2) is 0 Å². The molecule has 0 saturated carbocycles. The van der Waals surface area contributed by atoms with Gasteiger partial charge < -0.3 is 10.1 Å². The minimum Gasteiger partial charge on any atom is -0.379 e. The molecule has 19 heavy (non-hydrogen) atoms. The minimum absolute atomic E-state index is 0.0487. The number of nitrogens with zero attached hydrogens (tertiary/aromatic N) is 3. The summed E-state index contributed by atoms with van der Waals surface area (Å²) in [5.74, 6) is -0.0487. The van der Waals surface area contributed by atoms with Gasteiger partial charge in [0.25, 0.3) is 0 Å². The summed E-state index contributed by atoms with van der Waals surface area (Å²) in [6, 6.07) is 0. The van der Waals surface area contributed by atoms with Crippen molar-refractivity contribution in [1.29, 1.82) is 0 Å². The second-order valence-electron chi connectivity index (χ2n) is 4.56. The van der Waals surface area contributed by atoms with Crippen molar-refractivity contribution in [3.05, 3.63) is 16.9 Å². The van der Waals surface area contributed by atoms with Gasteiger partial charge in [0.2, 0.25) is 5.91 Å². The lowest BCUT2D eigenvalue weighted by Crippen LogP contribution is -2.41. The Morgan fingerprint density at radius 2 is 2.26 bits per heavy atom. The highest BCUT2D eigenvalue weighted by Crippen LogP contribution is 2.11. The van der Waals surface area contributed by atoms with Gasteiger partial charge in [-0.3, -0.25) is 14.4 Å². The summed E-state index contributed by atoms with van der Waals surface area (Å²) in [5, 5.41) is 7.61. The fourth-order valence-electron chi connectivity index (χ4n) is 1.96. The molecule has 0 spiro atoms. The van der Waals surface area contributed by atoms with E-state index in [2.05, 4.69) is 15.3 Å². The maximum atomic E-state index is 11.7. The maximum absolute atomic E-state index is 11.7. The van der Waals surface area contributed by atoms with E-state index in [-0.39, 0.29) is 12.5 Å². The van der Waals surface area contributed by atoms with Crippen molar-refractivity contribution in [2.45, 2.75) is 13.5 Å². The molecule has 1 aromatic rings. The Morgan fingerprint density at radius 3 is 2.89 bits per heavy atom. The predicted molar refractivity (Wildman–Crippen MR) is 72.2 cm³/mol. The highest BCUT2D eigenvalue weighted by molar-refractivity contribution is 6.31. The van der Waals surface area contributed by atoms with Gasteiger partial charge in [0, 0.05) is 32.4 Å². The Kier molecular flexibility index (Phi) is 5.18. The first-order valence-corrected chi connectivity index (χ1v) is 6.79. The number of amides is 1. The molecule has 0 aliphatic carbocycles. The van der Waals surface area contributed by atoms with Gasteiger partial charge in [-0.2, -0.15) is 5.10 Å². The molecule has 2 heterocycles. The zero-order valence-electron chi connectivity index (χ0n) is 11.1. The predicted octanol–water partition coefficient (Wildman–Crippen LogP) is 0.293. The van der Waals surface area contributed by atoms with Crippen LogP contribution in [0.4, 0.5) is 0 Å². The number of nitrogens with one attached hydrogen (secondary N) is 1. The first-order valence-electron chi connectivity index (χ1n) is 6.41. The van der Waals surface area contributed by atoms with Crippen LogP contribution in [0.1, 0.15) is 5.69 Å². The van der Waals surface area contributed by atoms with Crippen molar-refractivity contribution in [2.24, 2.45) is 0 Å². The number of rotatable bonds is 5. The molecule has 0 aromatic carbocycles. The Labute approximate surface area is 117 Å². The lowest BCUT2D eigenvalue weighted by atomic mass is 10.4. The van der Waals surface area contributed by atoms with Crippen molar-refractivity contribution in [3.63, 3.8) is 0 Å². The van der Waals surface area contributed by atoms with E-state index < -0.39 is 0 Å². The molecular weight excluding hydrogens is 268 g/mol. The topological polar surface area (TPSA) is 59.4 Å². The fraction of sp³-hybridized carbons (Fsp3) is 0.667. The molecule has 106 valence electrons. The molecule has 1 N–H and O–H groups in total. The Morgan fingerprint density at radius 1 is 1.53 bits per heavy atom. The molecule has 0 unspecified atom stereocenters. The smallest absolute Gasteiger partial charge is 0.241 e. The zero-order valence-corrected chi connectivity index (χ0v) is 11.8. The molecule has 1 aliphatic heterocycles. The van der Waals surface area contributed by atoms with E-state index in [0.717, 1.165) is 38.5 Å². The van der Waals surface area contributed by atoms with Gasteiger partial charge in [0.15, 0.2) is 0 Å². The van der Waals surface area contributed by atoms with E-state index in [9.17, 15) is 4.79 Å². The van der Waals surface area contributed by atoms with E-state index in [1.807, 2.05) is 6.92 Å². The van der Waals surface area contributed by atoms with E-state index in [0.29, 0.717) is 11.6 Å². The number of carbonyl (C=O) groups excluding carboxylic acids is 1. The van der Waals surface area contributed by atoms with Gasteiger partial charge in [0.1, 0.15) is 6.54 Å². The molecule has 6 nitrogen and oxygen atoms in total. The van der Waals surface area contributed by atoms with E-state index in [1.54, 1.807) is 10.9 Å². The SMILES string of the molecule is Cc1nn(CC(=O)NCCN2CCOCC2)cc1Cl. The van der Waals surface area contributed by atoms with Crippen LogP contribution in [0.25, 0.3) is 0 Å². The number of morpholine rings is 1. The van der Waals surface area contributed by atoms with Crippen LogP contribution in [-0.2, 0) is 16.1 Å². The fourth-order valence-corrected chi connectivity index (χ4v) is 2.11. The molecule has 0 bridgehead atoms. The second-order valence-corrected chi connectivity index (χ2v) is 4.97. The van der Waals surface area contributed by atoms with Crippen molar-refractivity contribution < 1.29 is 9.53 Å². The average Bonchev–Trinajstić information content (AvgIpc) is 2.69. The molecule has 1 amide bonds. The molecule has 1 aliphatic rings. The Bertz CT molecular complexity index is 410. The van der Waals surface area contributed by atoms with Crippen molar-refractivity contribution in [2.75, 3.05) is 39.4 Å². The van der Waals surface area contributed by atoms with Crippen LogP contribution in [0.3, 0.4) is 0 Å². The molecular formula is C12H19ClN4O2. The first kappa shape index (κ1) is 14.3. The number of aromatic nitrogens is 2. The summed E-state index contributed by atoms with van der Waals surface area (Å²) < 4.78 is 6.82. The highest BCUT2D eigenvalue weighted by Gasteiger charge is 2.11. The van der Waals surface area contributed by atoms with E-state index in [4.69, 9.17) is 16.3 Å². The van der Waals surface area contributed by atoms with Gasteiger partial charge >= 0.3 is 0 Å². The lowest BCUT2D eigenvalue weighted by Gasteiger charge is -2.26. The Balaban J connectivity index is 1.66. The third-order valence-electron chi connectivity index (χ3n) is 3.05. The van der Waals surface area contributed by atoms with E-state index in [1.165, 1.54) is 0 Å². The minimum atomic E-state index is -0.0487. The Hall–Kier alpha value is -1.11. The van der Waals surface area contributed by atoms with Crippen LogP contribution in [0.15, 0.2) is 6.20 Å². The summed E-state index contributed by atoms with van der Waals surface area (Å²) in [5.41, 5.74) is 0.739. The van der Waals surface area contributed by atoms with Gasteiger partial charge in [-0.1, -0.05) is 11.6 Å². The lowest BCUT2D eigenvalue weighted by molar-refractivity contribution is -0.121. The van der Waals surface area contributed by atoms with Crippen LogP contribution in [0.2, 0.25) is 5.02 Å². The molecule has 2 rings (SSSR count). The number of hydrogen-bond donors (Lipinski definition) is 1. The van der Waals surface area contributed by atoms with Crippen LogP contribution >= 0.6 is 11.6 Å². The monoisotopic (exact) mass is 286 g/mol. The molecule has 1 fully saturated rings.